The fourth-order valence-corrected chi connectivity index (χ4v) is 1.95. The molecule has 2 aromatic rings. The molecule has 1 amide bonds. The van der Waals surface area contributed by atoms with E-state index in [1.807, 2.05) is 0 Å². The molecule has 0 bridgehead atoms. The third-order valence-electron chi connectivity index (χ3n) is 2.75. The molecule has 1 aromatic heterocycles. The maximum Gasteiger partial charge on any atom is 0.426 e. The molecule has 0 spiro atoms. The molecule has 0 unspecified atom stereocenters. The van der Waals surface area contributed by atoms with Crippen molar-refractivity contribution in [2.45, 2.75) is 26.4 Å². The van der Waals surface area contributed by atoms with Gasteiger partial charge >= 0.3 is 12.1 Å². The summed E-state index contributed by atoms with van der Waals surface area (Å²) in [6.07, 6.45) is 1.09. The molecule has 112 valence electrons. The van der Waals surface area contributed by atoms with Gasteiger partial charge in [0.1, 0.15) is 5.60 Å². The Morgan fingerprint density at radius 3 is 2.52 bits per heavy atom. The van der Waals surface area contributed by atoms with E-state index in [4.69, 9.17) is 9.47 Å². The number of rotatable bonds is 2. The second-order valence-electron chi connectivity index (χ2n) is 5.53. The molecule has 2 rings (SSSR count). The molecule has 0 aliphatic rings. The highest BCUT2D eigenvalue weighted by Crippen LogP contribution is 2.20. The summed E-state index contributed by atoms with van der Waals surface area (Å²) in [7, 11) is 1.33. The number of aromatic nitrogens is 1. The smallest absolute Gasteiger partial charge is 0.426 e. The Kier molecular flexibility index (Phi) is 3.88. The Morgan fingerprint density at radius 2 is 1.90 bits per heavy atom. The topological polar surface area (TPSA) is 69.6 Å². The summed E-state index contributed by atoms with van der Waals surface area (Å²) >= 11 is 0. The number of hydrogen-bond acceptors (Lipinski definition) is 4. The van der Waals surface area contributed by atoms with Crippen molar-refractivity contribution < 1.29 is 19.1 Å². The summed E-state index contributed by atoms with van der Waals surface area (Å²) in [4.78, 5) is 23.5. The molecular formula is C15H18N2O4. The first-order chi connectivity index (χ1) is 9.81. The Labute approximate surface area is 122 Å². The number of hydrogen-bond donors (Lipinski definition) is 1. The van der Waals surface area contributed by atoms with Gasteiger partial charge in [0, 0.05) is 11.6 Å². The molecule has 1 heterocycles. The van der Waals surface area contributed by atoms with E-state index in [9.17, 15) is 9.59 Å². The van der Waals surface area contributed by atoms with Crippen molar-refractivity contribution in [2.24, 2.45) is 0 Å². The fourth-order valence-electron chi connectivity index (χ4n) is 1.95. The van der Waals surface area contributed by atoms with Crippen LogP contribution in [0.2, 0.25) is 0 Å². The van der Waals surface area contributed by atoms with E-state index in [1.54, 1.807) is 51.2 Å². The van der Waals surface area contributed by atoms with Gasteiger partial charge in [-0.15, -0.1) is 0 Å². The quantitative estimate of drug-likeness (QED) is 0.863. The van der Waals surface area contributed by atoms with Gasteiger partial charge in [-0.05, 0) is 39.0 Å². The Bertz CT molecular complexity index is 683. The van der Waals surface area contributed by atoms with Crippen LogP contribution >= 0.6 is 0 Å². The summed E-state index contributed by atoms with van der Waals surface area (Å²) in [6, 6.07) is 6.92. The van der Waals surface area contributed by atoms with E-state index in [1.165, 1.54) is 11.8 Å². The average molecular weight is 290 g/mol. The molecule has 0 aliphatic carbocycles. The SMILES string of the molecule is COC(=O)c1cccc2c1ccn2NC(=O)OC(C)(C)C. The molecule has 1 aromatic carbocycles. The van der Waals surface area contributed by atoms with Gasteiger partial charge < -0.3 is 9.47 Å². The van der Waals surface area contributed by atoms with Gasteiger partial charge in [0.25, 0.3) is 0 Å². The number of carbonyl (C=O) groups is 2. The lowest BCUT2D eigenvalue weighted by Crippen LogP contribution is -2.31. The highest BCUT2D eigenvalue weighted by Gasteiger charge is 2.18. The van der Waals surface area contributed by atoms with Crippen LogP contribution in [-0.2, 0) is 9.47 Å². The normalized spacial score (nSPS) is 11.2. The van der Waals surface area contributed by atoms with E-state index in [-0.39, 0.29) is 0 Å². The molecule has 0 radical (unpaired) electrons. The van der Waals surface area contributed by atoms with Gasteiger partial charge in [0.2, 0.25) is 0 Å². The van der Waals surface area contributed by atoms with Gasteiger partial charge in [-0.25, -0.2) is 15.0 Å². The molecule has 1 N–H and O–H groups in total. The highest BCUT2D eigenvalue weighted by molar-refractivity contribution is 6.04. The first-order valence-electron chi connectivity index (χ1n) is 6.50. The number of ether oxygens (including phenoxy) is 2. The van der Waals surface area contributed by atoms with Crippen molar-refractivity contribution in [3.63, 3.8) is 0 Å². The number of methoxy groups -OCH3 is 1. The molecule has 21 heavy (non-hydrogen) atoms. The number of amides is 1. The minimum atomic E-state index is -0.579. The largest absolute Gasteiger partial charge is 0.465 e. The van der Waals surface area contributed by atoms with Gasteiger partial charge in [0.05, 0.1) is 18.2 Å². The van der Waals surface area contributed by atoms with Crippen LogP contribution in [-0.4, -0.2) is 29.4 Å². The molecule has 0 saturated heterocycles. The second kappa shape index (κ2) is 5.47. The number of carbonyl (C=O) groups excluding carboxylic acids is 2. The predicted molar refractivity (Wildman–Crippen MR) is 78.9 cm³/mol. The summed E-state index contributed by atoms with van der Waals surface area (Å²) < 4.78 is 11.4. The van der Waals surface area contributed by atoms with Crippen molar-refractivity contribution in [3.05, 3.63) is 36.0 Å². The number of fused-ring (bicyclic) bond motifs is 1. The standard InChI is InChI=1S/C15H18N2O4/c1-15(2,3)21-14(19)16-17-9-8-10-11(13(18)20-4)6-5-7-12(10)17/h5-9H,1-4H3,(H,16,19). The number of esters is 1. The molecule has 6 nitrogen and oxygen atoms in total. The first kappa shape index (κ1) is 14.9. The van der Waals surface area contributed by atoms with Crippen molar-refractivity contribution >= 4 is 23.0 Å². The van der Waals surface area contributed by atoms with Crippen LogP contribution in [0, 0.1) is 0 Å². The van der Waals surface area contributed by atoms with Gasteiger partial charge in [-0.3, -0.25) is 4.68 Å². The predicted octanol–water partition coefficient (Wildman–Crippen LogP) is 2.91. The van der Waals surface area contributed by atoms with Crippen molar-refractivity contribution in [1.29, 1.82) is 0 Å². The number of nitrogens with zero attached hydrogens (tertiary/aromatic N) is 1. The lowest BCUT2D eigenvalue weighted by atomic mass is 10.1. The Hall–Kier alpha value is -2.50. The summed E-state index contributed by atoms with van der Waals surface area (Å²) in [6.45, 7) is 5.36. The van der Waals surface area contributed by atoms with Gasteiger partial charge in [-0.2, -0.15) is 0 Å². The molecule has 0 saturated carbocycles. The number of benzene rings is 1. The van der Waals surface area contributed by atoms with Crippen LogP contribution in [0.25, 0.3) is 10.9 Å². The van der Waals surface area contributed by atoms with E-state index >= 15 is 0 Å². The highest BCUT2D eigenvalue weighted by atomic mass is 16.6. The zero-order valence-corrected chi connectivity index (χ0v) is 12.5. The van der Waals surface area contributed by atoms with Crippen molar-refractivity contribution in [2.75, 3.05) is 12.5 Å². The maximum atomic E-state index is 11.8. The minimum Gasteiger partial charge on any atom is -0.465 e. The van der Waals surface area contributed by atoms with Gasteiger partial charge in [-0.1, -0.05) is 6.07 Å². The second-order valence-corrected chi connectivity index (χ2v) is 5.53. The first-order valence-corrected chi connectivity index (χ1v) is 6.50. The Morgan fingerprint density at radius 1 is 1.19 bits per heavy atom. The summed E-state index contributed by atoms with van der Waals surface area (Å²) in [5.41, 5.74) is 3.16. The van der Waals surface area contributed by atoms with E-state index in [0.717, 1.165) is 0 Å². The van der Waals surface area contributed by atoms with E-state index in [0.29, 0.717) is 16.5 Å². The zero-order valence-electron chi connectivity index (χ0n) is 12.5. The molecule has 0 fully saturated rings. The van der Waals surface area contributed by atoms with Crippen molar-refractivity contribution in [3.8, 4) is 0 Å². The average Bonchev–Trinajstić information content (AvgIpc) is 2.79. The summed E-state index contributed by atoms with van der Waals surface area (Å²) in [5.74, 6) is -0.421. The van der Waals surface area contributed by atoms with Gasteiger partial charge in [0.15, 0.2) is 0 Å². The summed E-state index contributed by atoms with van der Waals surface area (Å²) in [5, 5.41) is 0.695. The monoisotopic (exact) mass is 290 g/mol. The molecular weight excluding hydrogens is 272 g/mol. The molecule has 0 atom stereocenters. The maximum absolute atomic E-state index is 11.8. The molecule has 6 heteroatoms. The lowest BCUT2D eigenvalue weighted by Gasteiger charge is -2.20. The third-order valence-corrected chi connectivity index (χ3v) is 2.75. The zero-order chi connectivity index (χ0) is 15.6. The van der Waals surface area contributed by atoms with Crippen LogP contribution in [0.1, 0.15) is 31.1 Å². The van der Waals surface area contributed by atoms with Crippen LogP contribution in [0.4, 0.5) is 4.79 Å². The fraction of sp³-hybridized carbons (Fsp3) is 0.333. The Balaban J connectivity index is 2.31. The van der Waals surface area contributed by atoms with Crippen LogP contribution in [0.3, 0.4) is 0 Å². The van der Waals surface area contributed by atoms with Crippen LogP contribution in [0.5, 0.6) is 0 Å². The van der Waals surface area contributed by atoms with Crippen LogP contribution < -0.4 is 5.43 Å². The third kappa shape index (κ3) is 3.34. The lowest BCUT2D eigenvalue weighted by molar-refractivity contribution is 0.0598. The van der Waals surface area contributed by atoms with E-state index in [2.05, 4.69) is 5.43 Å². The van der Waals surface area contributed by atoms with E-state index < -0.39 is 17.7 Å². The minimum absolute atomic E-state index is 0.421. The molecule has 0 aliphatic heterocycles. The van der Waals surface area contributed by atoms with Crippen molar-refractivity contribution in [1.82, 2.24) is 4.68 Å². The van der Waals surface area contributed by atoms with Crippen LogP contribution in [0.15, 0.2) is 30.5 Å². The number of nitrogens with one attached hydrogen (secondary N) is 1.